The molecule has 0 aliphatic rings. The molecule has 0 atom stereocenters. The molecule has 2 N–H and O–H groups in total. The topological polar surface area (TPSA) is 84.5 Å². The zero-order valence-electron chi connectivity index (χ0n) is 13.0. The van der Waals surface area contributed by atoms with Crippen LogP contribution in [-0.4, -0.2) is 34.6 Å². The number of amides is 1. The van der Waals surface area contributed by atoms with Gasteiger partial charge in [0.15, 0.2) is 0 Å². The molecule has 2 aromatic rings. The van der Waals surface area contributed by atoms with Crippen molar-refractivity contribution in [3.8, 4) is 0 Å². The summed E-state index contributed by atoms with van der Waals surface area (Å²) in [6.45, 7) is 0.457. The summed E-state index contributed by atoms with van der Waals surface area (Å²) >= 11 is 5.79. The number of nitrogens with one attached hydrogen (secondary N) is 2. The summed E-state index contributed by atoms with van der Waals surface area (Å²) < 4.78 is 31.3. The normalized spacial score (nSPS) is 11.2. The fourth-order valence-corrected chi connectivity index (χ4v) is 3.02. The number of benzene rings is 2. The van der Waals surface area contributed by atoms with Gasteiger partial charge in [0.05, 0.1) is 11.5 Å². The number of carbonyl (C=O) groups excluding carboxylic acids is 1. The summed E-state index contributed by atoms with van der Waals surface area (Å²) in [6.07, 6.45) is 0. The summed E-state index contributed by atoms with van der Waals surface area (Å²) in [5, 5.41) is 3.28. The van der Waals surface area contributed by atoms with Gasteiger partial charge in [-0.05, 0) is 48.5 Å². The summed E-state index contributed by atoms with van der Waals surface area (Å²) in [5.41, 5.74) is 0.947. The minimum absolute atomic E-state index is 0.0849. The molecular weight excluding hydrogens is 352 g/mol. The number of hydrogen-bond acceptors (Lipinski definition) is 4. The second-order valence-electron chi connectivity index (χ2n) is 4.88. The van der Waals surface area contributed by atoms with Gasteiger partial charge in [0.25, 0.3) is 5.91 Å². The second kappa shape index (κ2) is 8.25. The van der Waals surface area contributed by atoms with Crippen molar-refractivity contribution in [1.29, 1.82) is 0 Å². The molecule has 24 heavy (non-hydrogen) atoms. The highest BCUT2D eigenvalue weighted by atomic mass is 35.5. The van der Waals surface area contributed by atoms with Crippen LogP contribution in [0.2, 0.25) is 5.02 Å². The minimum Gasteiger partial charge on any atom is -0.383 e. The number of halogens is 1. The highest BCUT2D eigenvalue weighted by Crippen LogP contribution is 2.15. The first-order valence-corrected chi connectivity index (χ1v) is 8.94. The molecule has 0 bridgehead atoms. The van der Waals surface area contributed by atoms with Gasteiger partial charge in [-0.15, -0.1) is 0 Å². The van der Waals surface area contributed by atoms with Gasteiger partial charge in [0, 0.05) is 29.9 Å². The van der Waals surface area contributed by atoms with Crippen LogP contribution >= 0.6 is 11.6 Å². The number of ether oxygens (including phenoxy) is 1. The zero-order valence-corrected chi connectivity index (χ0v) is 14.5. The first kappa shape index (κ1) is 18.4. The van der Waals surface area contributed by atoms with Crippen molar-refractivity contribution < 1.29 is 17.9 Å². The van der Waals surface area contributed by atoms with Crippen LogP contribution in [0, 0.1) is 0 Å². The Bertz CT molecular complexity index is 790. The molecule has 0 fully saturated rings. The fraction of sp³-hybridized carbons (Fsp3) is 0.188. The van der Waals surface area contributed by atoms with Crippen molar-refractivity contribution >= 4 is 33.2 Å². The number of sulfonamides is 1. The SMILES string of the molecule is COCCNS(=O)(=O)c1ccc(C(=O)Nc2ccc(Cl)cc2)cc1. The monoisotopic (exact) mass is 368 g/mol. The van der Waals surface area contributed by atoms with E-state index in [0.717, 1.165) is 0 Å². The van der Waals surface area contributed by atoms with E-state index in [2.05, 4.69) is 10.0 Å². The van der Waals surface area contributed by atoms with E-state index in [1.807, 2.05) is 0 Å². The fourth-order valence-electron chi connectivity index (χ4n) is 1.88. The molecule has 0 heterocycles. The van der Waals surface area contributed by atoms with Crippen LogP contribution in [0.25, 0.3) is 0 Å². The lowest BCUT2D eigenvalue weighted by molar-refractivity contribution is 0.102. The van der Waals surface area contributed by atoms with Gasteiger partial charge in [-0.1, -0.05) is 11.6 Å². The maximum absolute atomic E-state index is 12.1. The van der Waals surface area contributed by atoms with Crippen molar-refractivity contribution in [3.05, 3.63) is 59.1 Å². The Labute approximate surface area is 145 Å². The molecule has 0 aliphatic carbocycles. The van der Waals surface area contributed by atoms with Gasteiger partial charge >= 0.3 is 0 Å². The standard InChI is InChI=1S/C16H17ClN2O4S/c1-23-11-10-18-24(21,22)15-8-2-12(3-9-15)16(20)19-14-6-4-13(17)5-7-14/h2-9,18H,10-11H2,1H3,(H,19,20). The molecule has 0 aliphatic heterocycles. The van der Waals surface area contributed by atoms with Crippen LogP contribution in [0.5, 0.6) is 0 Å². The molecule has 0 saturated heterocycles. The van der Waals surface area contributed by atoms with Crippen molar-refractivity contribution in [2.24, 2.45) is 0 Å². The Hall–Kier alpha value is -1.93. The lowest BCUT2D eigenvalue weighted by Gasteiger charge is -2.08. The quantitative estimate of drug-likeness (QED) is 0.735. The molecule has 6 nitrogen and oxygen atoms in total. The third-order valence-corrected chi connectivity index (χ3v) is 4.86. The first-order valence-electron chi connectivity index (χ1n) is 7.08. The summed E-state index contributed by atoms with van der Waals surface area (Å²) in [6, 6.07) is 12.4. The summed E-state index contributed by atoms with van der Waals surface area (Å²) in [7, 11) is -2.13. The van der Waals surface area contributed by atoms with E-state index in [1.54, 1.807) is 24.3 Å². The zero-order chi connectivity index (χ0) is 17.6. The molecule has 0 radical (unpaired) electrons. The molecule has 2 rings (SSSR count). The highest BCUT2D eigenvalue weighted by molar-refractivity contribution is 7.89. The molecule has 2 aromatic carbocycles. The predicted molar refractivity (Wildman–Crippen MR) is 92.9 cm³/mol. The Balaban J connectivity index is 2.05. The van der Waals surface area contributed by atoms with Crippen LogP contribution < -0.4 is 10.0 Å². The van der Waals surface area contributed by atoms with E-state index >= 15 is 0 Å². The first-order chi connectivity index (χ1) is 11.4. The van der Waals surface area contributed by atoms with Gasteiger partial charge in [-0.3, -0.25) is 4.79 Å². The van der Waals surface area contributed by atoms with Gasteiger partial charge < -0.3 is 10.1 Å². The Morgan fingerprint density at radius 3 is 2.29 bits per heavy atom. The van der Waals surface area contributed by atoms with Crippen LogP contribution in [0.15, 0.2) is 53.4 Å². The van der Waals surface area contributed by atoms with Crippen LogP contribution in [0.3, 0.4) is 0 Å². The Morgan fingerprint density at radius 2 is 1.71 bits per heavy atom. The molecule has 8 heteroatoms. The number of carbonyl (C=O) groups is 1. The molecule has 0 saturated carbocycles. The maximum atomic E-state index is 12.1. The van der Waals surface area contributed by atoms with Crippen molar-refractivity contribution in [3.63, 3.8) is 0 Å². The average molecular weight is 369 g/mol. The third-order valence-electron chi connectivity index (χ3n) is 3.13. The molecule has 0 spiro atoms. The van der Waals surface area contributed by atoms with Crippen molar-refractivity contribution in [2.75, 3.05) is 25.6 Å². The molecular formula is C16H17ClN2O4S. The maximum Gasteiger partial charge on any atom is 0.255 e. The van der Waals surface area contributed by atoms with Gasteiger partial charge in [-0.2, -0.15) is 0 Å². The van der Waals surface area contributed by atoms with Crippen LogP contribution in [0.4, 0.5) is 5.69 Å². The minimum atomic E-state index is -3.62. The number of methoxy groups -OCH3 is 1. The second-order valence-corrected chi connectivity index (χ2v) is 7.08. The van der Waals surface area contributed by atoms with E-state index in [4.69, 9.17) is 16.3 Å². The Morgan fingerprint density at radius 1 is 1.08 bits per heavy atom. The largest absolute Gasteiger partial charge is 0.383 e. The predicted octanol–water partition coefficient (Wildman–Crippen LogP) is 2.52. The molecule has 0 unspecified atom stereocenters. The molecule has 1 amide bonds. The summed E-state index contributed by atoms with van der Waals surface area (Å²) in [5.74, 6) is -0.339. The Kier molecular flexibility index (Phi) is 6.33. The van der Waals surface area contributed by atoms with Gasteiger partial charge in [0.2, 0.25) is 10.0 Å². The summed E-state index contributed by atoms with van der Waals surface area (Å²) in [4.78, 5) is 12.2. The van der Waals surface area contributed by atoms with E-state index < -0.39 is 10.0 Å². The number of anilines is 1. The van der Waals surface area contributed by atoms with Crippen molar-refractivity contribution in [1.82, 2.24) is 4.72 Å². The smallest absolute Gasteiger partial charge is 0.255 e. The highest BCUT2D eigenvalue weighted by Gasteiger charge is 2.14. The van der Waals surface area contributed by atoms with E-state index in [9.17, 15) is 13.2 Å². The van der Waals surface area contributed by atoms with E-state index in [0.29, 0.717) is 16.3 Å². The van der Waals surface area contributed by atoms with E-state index in [-0.39, 0.29) is 24.0 Å². The van der Waals surface area contributed by atoms with Crippen LogP contribution in [0.1, 0.15) is 10.4 Å². The van der Waals surface area contributed by atoms with E-state index in [1.165, 1.54) is 31.4 Å². The lowest BCUT2D eigenvalue weighted by Crippen LogP contribution is -2.27. The van der Waals surface area contributed by atoms with Crippen LogP contribution in [-0.2, 0) is 14.8 Å². The molecule has 128 valence electrons. The van der Waals surface area contributed by atoms with Crippen molar-refractivity contribution in [2.45, 2.75) is 4.90 Å². The number of hydrogen-bond donors (Lipinski definition) is 2. The number of rotatable bonds is 7. The molecule has 0 aromatic heterocycles. The average Bonchev–Trinajstić information content (AvgIpc) is 2.57. The third kappa shape index (κ3) is 5.04. The van der Waals surface area contributed by atoms with Gasteiger partial charge in [-0.25, -0.2) is 13.1 Å². The van der Waals surface area contributed by atoms with Gasteiger partial charge in [0.1, 0.15) is 0 Å². The lowest BCUT2D eigenvalue weighted by atomic mass is 10.2.